The molecule has 0 aliphatic heterocycles. The number of hydrogen-bond acceptors (Lipinski definition) is 4. The van der Waals surface area contributed by atoms with Crippen molar-refractivity contribution in [1.29, 1.82) is 0 Å². The molecule has 0 spiro atoms. The van der Waals surface area contributed by atoms with Gasteiger partial charge in [-0.25, -0.2) is 4.79 Å². The van der Waals surface area contributed by atoms with Crippen LogP contribution in [0.1, 0.15) is 4.88 Å². The third kappa shape index (κ3) is 5.46. The Labute approximate surface area is 104 Å². The van der Waals surface area contributed by atoms with Gasteiger partial charge in [-0.05, 0) is 17.9 Å². The van der Waals surface area contributed by atoms with E-state index < -0.39 is 12.6 Å². The number of nitrogens with zero attached hydrogens (tertiary/aromatic N) is 1. The number of carbonyl (C=O) groups excluding carboxylic acids is 1. The fraction of sp³-hybridized carbons (Fsp3) is 0.455. The Morgan fingerprint density at radius 2 is 2.24 bits per heavy atom. The molecule has 0 saturated heterocycles. The van der Waals surface area contributed by atoms with Crippen LogP contribution in [0.3, 0.4) is 0 Å². The molecule has 1 rings (SSSR count). The topological polar surface area (TPSA) is 66.8 Å². The first-order valence-corrected chi connectivity index (χ1v) is 6.03. The number of thiophene rings is 1. The molecule has 0 radical (unpaired) electrons. The number of ether oxygens (including phenoxy) is 1. The minimum absolute atomic E-state index is 0.187. The summed E-state index contributed by atoms with van der Waals surface area (Å²) in [7, 11) is 1.68. The zero-order valence-corrected chi connectivity index (χ0v) is 10.4. The highest BCUT2D eigenvalue weighted by atomic mass is 32.1. The lowest BCUT2D eigenvalue weighted by Crippen LogP contribution is -2.32. The van der Waals surface area contributed by atoms with Gasteiger partial charge in [0.1, 0.15) is 13.2 Å². The number of rotatable bonds is 7. The maximum Gasteiger partial charge on any atom is 0.329 e. The van der Waals surface area contributed by atoms with Crippen LogP contribution in [0.25, 0.3) is 0 Å². The van der Waals surface area contributed by atoms with E-state index in [9.17, 15) is 9.59 Å². The average molecular weight is 257 g/mol. The third-order valence-corrected chi connectivity index (χ3v) is 3.09. The van der Waals surface area contributed by atoms with Gasteiger partial charge in [-0.15, -0.1) is 11.3 Å². The molecule has 0 aliphatic rings. The van der Waals surface area contributed by atoms with Crippen molar-refractivity contribution in [2.75, 3.05) is 26.8 Å². The molecule has 0 fully saturated rings. The van der Waals surface area contributed by atoms with Crippen LogP contribution in [-0.4, -0.2) is 48.7 Å². The van der Waals surface area contributed by atoms with Crippen LogP contribution in [0.4, 0.5) is 0 Å². The molecular weight excluding hydrogens is 242 g/mol. The van der Waals surface area contributed by atoms with Crippen molar-refractivity contribution >= 4 is 23.2 Å². The van der Waals surface area contributed by atoms with Gasteiger partial charge in [0.15, 0.2) is 0 Å². The molecule has 1 aromatic heterocycles. The van der Waals surface area contributed by atoms with Crippen molar-refractivity contribution < 1.29 is 19.4 Å². The highest BCUT2D eigenvalue weighted by molar-refractivity contribution is 7.09. The minimum atomic E-state index is -1.07. The van der Waals surface area contributed by atoms with Gasteiger partial charge in [-0.3, -0.25) is 4.79 Å². The maximum atomic E-state index is 11.5. The van der Waals surface area contributed by atoms with Gasteiger partial charge >= 0.3 is 5.97 Å². The lowest BCUT2D eigenvalue weighted by molar-refractivity contribution is -0.145. The number of carboxylic acid groups (broad SMARTS) is 1. The summed E-state index contributed by atoms with van der Waals surface area (Å²) in [5.74, 6) is -1.28. The zero-order valence-electron chi connectivity index (χ0n) is 9.59. The first-order valence-electron chi connectivity index (χ1n) is 5.15. The van der Waals surface area contributed by atoms with E-state index in [2.05, 4.69) is 0 Å². The first kappa shape index (κ1) is 13.7. The van der Waals surface area contributed by atoms with Gasteiger partial charge in [-0.1, -0.05) is 6.07 Å². The summed E-state index contributed by atoms with van der Waals surface area (Å²) in [6.45, 7) is -0.0203. The smallest absolute Gasteiger partial charge is 0.329 e. The molecule has 1 heterocycles. The van der Waals surface area contributed by atoms with Crippen LogP contribution in [-0.2, 0) is 20.7 Å². The standard InChI is InChI=1S/C11H15NO4S/c1-12(5-4-9-3-2-6-17-9)10(13)7-16-8-11(14)15/h2-3,6H,4-5,7-8H2,1H3,(H,14,15). The molecule has 0 unspecified atom stereocenters. The molecule has 94 valence electrons. The lowest BCUT2D eigenvalue weighted by Gasteiger charge is -2.16. The first-order chi connectivity index (χ1) is 8.09. The maximum absolute atomic E-state index is 11.5. The minimum Gasteiger partial charge on any atom is -0.480 e. The van der Waals surface area contributed by atoms with Crippen molar-refractivity contribution in [2.45, 2.75) is 6.42 Å². The van der Waals surface area contributed by atoms with Crippen LogP contribution in [0.5, 0.6) is 0 Å². The lowest BCUT2D eigenvalue weighted by atomic mass is 10.3. The second-order valence-corrected chi connectivity index (χ2v) is 4.56. The summed E-state index contributed by atoms with van der Waals surface area (Å²) >= 11 is 1.65. The van der Waals surface area contributed by atoms with Crippen LogP contribution >= 0.6 is 11.3 Å². The molecule has 1 aromatic rings. The Bertz CT molecular complexity index is 364. The van der Waals surface area contributed by atoms with Gasteiger partial charge in [0, 0.05) is 18.5 Å². The van der Waals surface area contributed by atoms with E-state index in [1.54, 1.807) is 23.3 Å². The molecule has 0 aromatic carbocycles. The largest absolute Gasteiger partial charge is 0.480 e. The van der Waals surface area contributed by atoms with E-state index in [4.69, 9.17) is 9.84 Å². The summed E-state index contributed by atoms with van der Waals surface area (Å²) in [5.41, 5.74) is 0. The SMILES string of the molecule is CN(CCc1cccs1)C(=O)COCC(=O)O. The summed E-state index contributed by atoms with van der Waals surface area (Å²) < 4.78 is 4.73. The Balaban J connectivity index is 2.20. The number of aliphatic carboxylic acids is 1. The van der Waals surface area contributed by atoms with E-state index in [1.807, 2.05) is 17.5 Å². The van der Waals surface area contributed by atoms with Crippen molar-refractivity contribution in [1.82, 2.24) is 4.90 Å². The van der Waals surface area contributed by atoms with E-state index in [0.29, 0.717) is 6.54 Å². The number of carbonyl (C=O) groups is 2. The van der Waals surface area contributed by atoms with Crippen molar-refractivity contribution in [2.24, 2.45) is 0 Å². The van der Waals surface area contributed by atoms with Crippen LogP contribution in [0.2, 0.25) is 0 Å². The molecule has 0 saturated carbocycles. The molecule has 5 nitrogen and oxygen atoms in total. The Morgan fingerprint density at radius 3 is 2.82 bits per heavy atom. The molecule has 0 atom stereocenters. The van der Waals surface area contributed by atoms with Crippen molar-refractivity contribution in [3.05, 3.63) is 22.4 Å². The predicted molar refractivity (Wildman–Crippen MR) is 64.1 cm³/mol. The Hall–Kier alpha value is -1.40. The van der Waals surface area contributed by atoms with Crippen LogP contribution in [0.15, 0.2) is 17.5 Å². The van der Waals surface area contributed by atoms with E-state index in [-0.39, 0.29) is 12.5 Å². The highest BCUT2D eigenvalue weighted by Crippen LogP contribution is 2.09. The average Bonchev–Trinajstić information content (AvgIpc) is 2.78. The monoisotopic (exact) mass is 257 g/mol. The van der Waals surface area contributed by atoms with Gasteiger partial charge in [-0.2, -0.15) is 0 Å². The Morgan fingerprint density at radius 1 is 1.47 bits per heavy atom. The summed E-state index contributed by atoms with van der Waals surface area (Å²) in [4.78, 5) is 24.4. The van der Waals surface area contributed by atoms with Gasteiger partial charge in [0.2, 0.25) is 5.91 Å². The van der Waals surface area contributed by atoms with Crippen molar-refractivity contribution in [3.8, 4) is 0 Å². The second-order valence-electron chi connectivity index (χ2n) is 3.53. The molecule has 1 N–H and O–H groups in total. The molecule has 17 heavy (non-hydrogen) atoms. The number of amides is 1. The molecule has 1 amide bonds. The molecule has 6 heteroatoms. The molecule has 0 aliphatic carbocycles. The number of hydrogen-bond donors (Lipinski definition) is 1. The Kier molecular flexibility index (Phi) is 5.65. The summed E-state index contributed by atoms with van der Waals surface area (Å²) in [6, 6.07) is 3.99. The van der Waals surface area contributed by atoms with Gasteiger partial charge < -0.3 is 14.7 Å². The molecule has 0 bridgehead atoms. The summed E-state index contributed by atoms with van der Waals surface area (Å²) in [5, 5.41) is 10.3. The van der Waals surface area contributed by atoms with Crippen LogP contribution in [0, 0.1) is 0 Å². The highest BCUT2D eigenvalue weighted by Gasteiger charge is 2.09. The van der Waals surface area contributed by atoms with E-state index in [1.165, 1.54) is 4.88 Å². The van der Waals surface area contributed by atoms with Gasteiger partial charge in [0.05, 0.1) is 0 Å². The third-order valence-electron chi connectivity index (χ3n) is 2.15. The normalized spacial score (nSPS) is 10.2. The van der Waals surface area contributed by atoms with E-state index in [0.717, 1.165) is 6.42 Å². The fourth-order valence-corrected chi connectivity index (χ4v) is 1.89. The summed E-state index contributed by atoms with van der Waals surface area (Å²) in [6.07, 6.45) is 0.804. The number of carboxylic acids is 1. The number of likely N-dealkylation sites (N-methyl/N-ethyl adjacent to an activating group) is 1. The quantitative estimate of drug-likeness (QED) is 0.786. The predicted octanol–water partition coefficient (Wildman–Crippen LogP) is 0.850. The molecular formula is C11H15NO4S. The van der Waals surface area contributed by atoms with Crippen LogP contribution < -0.4 is 0 Å². The fourth-order valence-electron chi connectivity index (χ4n) is 1.19. The zero-order chi connectivity index (χ0) is 12.7. The van der Waals surface area contributed by atoms with E-state index >= 15 is 0 Å². The van der Waals surface area contributed by atoms with Gasteiger partial charge in [0.25, 0.3) is 0 Å². The second kappa shape index (κ2) is 7.03. The van der Waals surface area contributed by atoms with Crippen molar-refractivity contribution in [3.63, 3.8) is 0 Å².